The lowest BCUT2D eigenvalue weighted by atomic mass is 9.82. The number of nitrogens with zero attached hydrogens (tertiary/aromatic N) is 1. The summed E-state index contributed by atoms with van der Waals surface area (Å²) in [6.07, 6.45) is 0. The van der Waals surface area contributed by atoms with Crippen LogP contribution in [0.1, 0.15) is 46.2 Å². The van der Waals surface area contributed by atoms with E-state index in [0.717, 1.165) is 33.4 Å². The van der Waals surface area contributed by atoms with Crippen LogP contribution in [0.25, 0.3) is 22.3 Å². The summed E-state index contributed by atoms with van der Waals surface area (Å²) in [4.78, 5) is 28.7. The number of fused-ring (bicyclic) bond motifs is 1. The zero-order valence-corrected chi connectivity index (χ0v) is 19.5. The predicted octanol–water partition coefficient (Wildman–Crippen LogP) is 7.47. The van der Waals surface area contributed by atoms with Gasteiger partial charge in [-0.25, -0.2) is 4.90 Å². The summed E-state index contributed by atoms with van der Waals surface area (Å²) < 4.78 is 5.52. The van der Waals surface area contributed by atoms with Crippen LogP contribution in [-0.2, 0) is 0 Å². The van der Waals surface area contributed by atoms with E-state index in [4.69, 9.17) is 4.74 Å². The average Bonchev–Trinajstić information content (AvgIpc) is 3.13. The normalized spacial score (nSPS) is 12.4. The first kappa shape index (κ1) is 24.0. The van der Waals surface area contributed by atoms with Gasteiger partial charge in [-0.15, -0.1) is 0 Å². The third-order valence-electron chi connectivity index (χ3n) is 6.36. The Morgan fingerprint density at radius 3 is 1.46 bits per heavy atom. The molecule has 0 radical (unpaired) electrons. The fraction of sp³-hybridized carbons (Fsp3) is 0.161. The summed E-state index contributed by atoms with van der Waals surface area (Å²) in [6, 6.07) is 27.2. The van der Waals surface area contributed by atoms with Gasteiger partial charge in [-0.2, -0.15) is 0 Å². The fourth-order valence-electron chi connectivity index (χ4n) is 4.87. The van der Waals surface area contributed by atoms with E-state index in [2.05, 4.69) is 0 Å². The molecule has 0 bridgehead atoms. The first-order valence-electron chi connectivity index (χ1n) is 11.4. The lowest BCUT2D eigenvalue weighted by Crippen LogP contribution is -2.29. The smallest absolute Gasteiger partial charge is 0.266 e. The van der Waals surface area contributed by atoms with Crippen molar-refractivity contribution in [1.29, 1.82) is 0 Å². The summed E-state index contributed by atoms with van der Waals surface area (Å²) in [5.41, 5.74) is 7.14. The highest BCUT2D eigenvalue weighted by atomic mass is 16.5. The molecule has 0 fully saturated rings. The lowest BCUT2D eigenvalue weighted by molar-refractivity contribution is 0.0926. The van der Waals surface area contributed by atoms with Crippen molar-refractivity contribution in [2.45, 2.75) is 28.2 Å². The van der Waals surface area contributed by atoms with Crippen molar-refractivity contribution in [3.8, 4) is 28.0 Å². The minimum atomic E-state index is -0.290. The average molecular weight is 464 g/mol. The number of imide groups is 1. The van der Waals surface area contributed by atoms with Crippen molar-refractivity contribution in [3.63, 3.8) is 0 Å². The second-order valence-electron chi connectivity index (χ2n) is 8.35. The van der Waals surface area contributed by atoms with E-state index in [1.54, 1.807) is 24.3 Å². The van der Waals surface area contributed by atoms with Crippen molar-refractivity contribution in [3.05, 3.63) is 107 Å². The SMILES string of the molecule is C.CCOc1ccc(N2C(=O)c3c(C)c(-c4ccccc4)c(-c4ccccc4)c(C)c3C2=O)cc1. The zero-order chi connectivity index (χ0) is 23.8. The fourth-order valence-corrected chi connectivity index (χ4v) is 4.87. The van der Waals surface area contributed by atoms with Crippen LogP contribution < -0.4 is 9.64 Å². The van der Waals surface area contributed by atoms with Crippen LogP contribution in [0.15, 0.2) is 84.9 Å². The number of hydrogen-bond acceptors (Lipinski definition) is 3. The topological polar surface area (TPSA) is 46.6 Å². The summed E-state index contributed by atoms with van der Waals surface area (Å²) in [7, 11) is 0. The highest BCUT2D eigenvalue weighted by molar-refractivity contribution is 6.36. The molecule has 4 nitrogen and oxygen atoms in total. The van der Waals surface area contributed by atoms with Gasteiger partial charge in [0.25, 0.3) is 11.8 Å². The molecule has 0 aliphatic carbocycles. The molecule has 5 rings (SSSR count). The van der Waals surface area contributed by atoms with Gasteiger partial charge in [0.2, 0.25) is 0 Å². The Morgan fingerprint density at radius 1 is 0.629 bits per heavy atom. The quantitative estimate of drug-likeness (QED) is 0.288. The molecule has 0 saturated carbocycles. The van der Waals surface area contributed by atoms with Crippen LogP contribution in [0.5, 0.6) is 5.75 Å². The minimum Gasteiger partial charge on any atom is -0.494 e. The van der Waals surface area contributed by atoms with Gasteiger partial charge < -0.3 is 4.74 Å². The first-order valence-corrected chi connectivity index (χ1v) is 11.4. The molecule has 0 spiro atoms. The van der Waals surface area contributed by atoms with Crippen molar-refractivity contribution in [1.82, 2.24) is 0 Å². The maximum absolute atomic E-state index is 13.7. The number of carbonyl (C=O) groups is 2. The second kappa shape index (κ2) is 9.59. The molecule has 0 N–H and O–H groups in total. The molecule has 0 atom stereocenters. The third kappa shape index (κ3) is 3.91. The number of ether oxygens (including phenoxy) is 1. The van der Waals surface area contributed by atoms with Gasteiger partial charge in [-0.1, -0.05) is 68.1 Å². The van der Waals surface area contributed by atoms with Crippen molar-refractivity contribution >= 4 is 17.5 Å². The number of carbonyl (C=O) groups excluding carboxylic acids is 2. The second-order valence-corrected chi connectivity index (χ2v) is 8.35. The largest absolute Gasteiger partial charge is 0.494 e. The van der Waals surface area contributed by atoms with E-state index in [0.29, 0.717) is 29.2 Å². The van der Waals surface area contributed by atoms with Crippen LogP contribution in [0.2, 0.25) is 0 Å². The van der Waals surface area contributed by atoms with Crippen LogP contribution in [-0.4, -0.2) is 18.4 Å². The Hall–Kier alpha value is -4.18. The standard InChI is InChI=1S/C30H25NO3.CH4/c1-4-34-24-17-15-23(16-18-24)31-29(32)27-19(2)25(21-11-7-5-8-12-21)26(20(3)28(27)30(31)33)22-13-9-6-10-14-22;/h5-18H,4H2,1-3H3;1H4. The maximum atomic E-state index is 13.7. The lowest BCUT2D eigenvalue weighted by Gasteiger charge is -2.19. The van der Waals surface area contributed by atoms with E-state index >= 15 is 0 Å². The van der Waals surface area contributed by atoms with Gasteiger partial charge in [-0.05, 0) is 78.4 Å². The van der Waals surface area contributed by atoms with E-state index in [1.807, 2.05) is 81.4 Å². The van der Waals surface area contributed by atoms with E-state index < -0.39 is 0 Å². The summed E-state index contributed by atoms with van der Waals surface area (Å²) in [5.74, 6) is 0.121. The molecule has 0 unspecified atom stereocenters. The Balaban J connectivity index is 0.00000289. The first-order chi connectivity index (χ1) is 16.5. The molecular formula is C31H29NO3. The van der Waals surface area contributed by atoms with Gasteiger partial charge in [0.15, 0.2) is 0 Å². The Morgan fingerprint density at radius 2 is 1.06 bits per heavy atom. The predicted molar refractivity (Wildman–Crippen MR) is 142 cm³/mol. The molecule has 2 amide bonds. The highest BCUT2D eigenvalue weighted by Crippen LogP contribution is 2.44. The van der Waals surface area contributed by atoms with Crippen LogP contribution in [0.4, 0.5) is 5.69 Å². The molecule has 1 aliphatic rings. The minimum absolute atomic E-state index is 0. The van der Waals surface area contributed by atoms with Gasteiger partial charge in [0.05, 0.1) is 23.4 Å². The molecule has 4 heteroatoms. The number of benzene rings is 4. The van der Waals surface area contributed by atoms with Gasteiger partial charge >= 0.3 is 0 Å². The van der Waals surface area contributed by atoms with Crippen LogP contribution >= 0.6 is 0 Å². The highest BCUT2D eigenvalue weighted by Gasteiger charge is 2.41. The van der Waals surface area contributed by atoms with E-state index in [9.17, 15) is 9.59 Å². The van der Waals surface area contributed by atoms with Gasteiger partial charge in [0, 0.05) is 0 Å². The number of rotatable bonds is 5. The number of hydrogen-bond donors (Lipinski definition) is 0. The van der Waals surface area contributed by atoms with Gasteiger partial charge in [0.1, 0.15) is 5.75 Å². The molecular weight excluding hydrogens is 434 g/mol. The Kier molecular flexibility index (Phi) is 6.57. The molecule has 4 aromatic rings. The molecule has 176 valence electrons. The van der Waals surface area contributed by atoms with E-state index in [1.165, 1.54) is 4.90 Å². The summed E-state index contributed by atoms with van der Waals surface area (Å²) >= 11 is 0. The van der Waals surface area contributed by atoms with Crippen LogP contribution in [0.3, 0.4) is 0 Å². The summed E-state index contributed by atoms with van der Waals surface area (Å²) in [6.45, 7) is 6.35. The molecule has 0 saturated heterocycles. The molecule has 1 aliphatic heterocycles. The Labute approximate surface area is 206 Å². The van der Waals surface area contributed by atoms with Gasteiger partial charge in [-0.3, -0.25) is 9.59 Å². The van der Waals surface area contributed by atoms with Crippen molar-refractivity contribution in [2.75, 3.05) is 11.5 Å². The third-order valence-corrected chi connectivity index (χ3v) is 6.36. The molecule has 0 aromatic heterocycles. The molecule has 4 aromatic carbocycles. The zero-order valence-electron chi connectivity index (χ0n) is 19.5. The van der Waals surface area contributed by atoms with E-state index in [-0.39, 0.29) is 19.2 Å². The van der Waals surface area contributed by atoms with Crippen molar-refractivity contribution in [2.24, 2.45) is 0 Å². The number of amides is 2. The van der Waals surface area contributed by atoms with Crippen molar-refractivity contribution < 1.29 is 14.3 Å². The maximum Gasteiger partial charge on any atom is 0.266 e. The monoisotopic (exact) mass is 463 g/mol. The van der Waals surface area contributed by atoms with Crippen LogP contribution in [0, 0.1) is 13.8 Å². The molecule has 35 heavy (non-hydrogen) atoms. The molecule has 1 heterocycles. The number of anilines is 1. The Bertz CT molecular complexity index is 1310. The summed E-state index contributed by atoms with van der Waals surface area (Å²) in [5, 5.41) is 0.